The Balaban J connectivity index is 2.40. The number of aromatic nitrogens is 1. The summed E-state index contributed by atoms with van der Waals surface area (Å²) in [6, 6.07) is 1.68. The molecule has 3 N–H and O–H groups in total. The van der Waals surface area contributed by atoms with Crippen LogP contribution in [0.3, 0.4) is 0 Å². The van der Waals surface area contributed by atoms with Crippen molar-refractivity contribution in [3.63, 3.8) is 0 Å². The molecule has 0 bridgehead atoms. The molecule has 0 spiro atoms. The number of amides is 1. The third kappa shape index (κ3) is 2.87. The van der Waals surface area contributed by atoms with E-state index in [2.05, 4.69) is 15.0 Å². The third-order valence-electron chi connectivity index (χ3n) is 1.51. The van der Waals surface area contributed by atoms with Crippen molar-refractivity contribution in [1.29, 1.82) is 0 Å². The van der Waals surface area contributed by atoms with Gasteiger partial charge in [-0.2, -0.15) is 0 Å². The third-order valence-corrected chi connectivity index (χ3v) is 1.51. The molecule has 1 aromatic rings. The van der Waals surface area contributed by atoms with Crippen LogP contribution in [-0.2, 0) is 11.3 Å². The largest absolute Gasteiger partial charge is 0.364 e. The summed E-state index contributed by atoms with van der Waals surface area (Å²) in [4.78, 5) is 11.3. The van der Waals surface area contributed by atoms with Gasteiger partial charge in [-0.25, -0.2) is 0 Å². The van der Waals surface area contributed by atoms with Crippen molar-refractivity contribution < 1.29 is 9.32 Å². The van der Waals surface area contributed by atoms with Crippen molar-refractivity contribution in [3.05, 3.63) is 18.0 Å². The molecule has 0 atom stereocenters. The molecule has 5 heteroatoms. The molecule has 0 saturated carbocycles. The van der Waals surface area contributed by atoms with E-state index in [0.29, 0.717) is 12.2 Å². The monoisotopic (exact) mass is 183 g/mol. The first-order valence-electron chi connectivity index (χ1n) is 3.96. The zero-order valence-corrected chi connectivity index (χ0v) is 7.70. The SMILES string of the molecule is CC(C)(N)C(=O)NCc1ccon1. The lowest BCUT2D eigenvalue weighted by atomic mass is 10.1. The Bertz CT molecular complexity index is 274. The first kappa shape index (κ1) is 9.73. The summed E-state index contributed by atoms with van der Waals surface area (Å²) in [5.74, 6) is -0.212. The van der Waals surface area contributed by atoms with Crippen molar-refractivity contribution in [2.24, 2.45) is 5.73 Å². The smallest absolute Gasteiger partial charge is 0.239 e. The molecular weight excluding hydrogens is 170 g/mol. The van der Waals surface area contributed by atoms with Gasteiger partial charge in [0.1, 0.15) is 12.0 Å². The number of hydrogen-bond donors (Lipinski definition) is 2. The number of nitrogens with two attached hydrogens (primary N) is 1. The number of nitrogens with one attached hydrogen (secondary N) is 1. The highest BCUT2D eigenvalue weighted by Crippen LogP contribution is 1.98. The standard InChI is InChI=1S/C8H13N3O2/c1-8(2,9)7(12)10-5-6-3-4-13-11-6/h3-4H,5,9H2,1-2H3,(H,10,12). The summed E-state index contributed by atoms with van der Waals surface area (Å²) in [5.41, 5.74) is 5.38. The molecule has 1 aromatic heterocycles. The lowest BCUT2D eigenvalue weighted by Gasteiger charge is -2.16. The Morgan fingerprint density at radius 3 is 2.92 bits per heavy atom. The number of rotatable bonds is 3. The molecule has 0 aliphatic rings. The molecule has 0 radical (unpaired) electrons. The molecule has 1 heterocycles. The van der Waals surface area contributed by atoms with Gasteiger partial charge in [0.25, 0.3) is 0 Å². The number of hydrogen-bond acceptors (Lipinski definition) is 4. The minimum Gasteiger partial charge on any atom is -0.364 e. The molecule has 0 aromatic carbocycles. The summed E-state index contributed by atoms with van der Waals surface area (Å²) in [7, 11) is 0. The zero-order chi connectivity index (χ0) is 9.90. The minimum absolute atomic E-state index is 0.212. The summed E-state index contributed by atoms with van der Waals surface area (Å²) >= 11 is 0. The van der Waals surface area contributed by atoms with E-state index >= 15 is 0 Å². The van der Waals surface area contributed by atoms with Crippen LogP contribution in [0.5, 0.6) is 0 Å². The topological polar surface area (TPSA) is 81.2 Å². The van der Waals surface area contributed by atoms with Gasteiger partial charge >= 0.3 is 0 Å². The molecular formula is C8H13N3O2. The maximum atomic E-state index is 11.3. The molecule has 0 aliphatic carbocycles. The van der Waals surface area contributed by atoms with Crippen molar-refractivity contribution in [1.82, 2.24) is 10.5 Å². The van der Waals surface area contributed by atoms with Gasteiger partial charge in [-0.3, -0.25) is 4.79 Å². The normalized spacial score (nSPS) is 11.3. The summed E-state index contributed by atoms with van der Waals surface area (Å²) in [5, 5.41) is 6.28. The molecule has 72 valence electrons. The van der Waals surface area contributed by atoms with Crippen LogP contribution in [0.4, 0.5) is 0 Å². The Labute approximate surface area is 76.3 Å². The Kier molecular flexibility index (Phi) is 2.67. The molecule has 0 fully saturated rings. The average molecular weight is 183 g/mol. The van der Waals surface area contributed by atoms with Gasteiger partial charge in [-0.15, -0.1) is 0 Å². The lowest BCUT2D eigenvalue weighted by molar-refractivity contribution is -0.125. The van der Waals surface area contributed by atoms with Crippen LogP contribution in [-0.4, -0.2) is 16.6 Å². The summed E-state index contributed by atoms with van der Waals surface area (Å²) in [6.07, 6.45) is 1.45. The molecule has 1 rings (SSSR count). The van der Waals surface area contributed by atoms with E-state index in [1.54, 1.807) is 19.9 Å². The molecule has 1 amide bonds. The van der Waals surface area contributed by atoms with Crippen LogP contribution >= 0.6 is 0 Å². The van der Waals surface area contributed by atoms with Gasteiger partial charge in [-0.05, 0) is 13.8 Å². The van der Waals surface area contributed by atoms with E-state index in [4.69, 9.17) is 5.73 Å². The fourth-order valence-corrected chi connectivity index (χ4v) is 0.727. The maximum absolute atomic E-state index is 11.3. The second-order valence-corrected chi connectivity index (χ2v) is 3.40. The van der Waals surface area contributed by atoms with E-state index < -0.39 is 5.54 Å². The van der Waals surface area contributed by atoms with E-state index in [-0.39, 0.29) is 5.91 Å². The van der Waals surface area contributed by atoms with Gasteiger partial charge in [0.15, 0.2) is 0 Å². The second-order valence-electron chi connectivity index (χ2n) is 3.40. The Morgan fingerprint density at radius 2 is 2.46 bits per heavy atom. The van der Waals surface area contributed by atoms with Crippen molar-refractivity contribution in [2.45, 2.75) is 25.9 Å². The molecule has 0 saturated heterocycles. The van der Waals surface area contributed by atoms with Crippen LogP contribution in [0.2, 0.25) is 0 Å². The second kappa shape index (κ2) is 3.57. The van der Waals surface area contributed by atoms with Gasteiger partial charge in [-0.1, -0.05) is 5.16 Å². The van der Waals surface area contributed by atoms with Crippen LogP contribution in [0, 0.1) is 0 Å². The van der Waals surface area contributed by atoms with Crippen LogP contribution in [0.1, 0.15) is 19.5 Å². The first-order chi connectivity index (χ1) is 6.00. The number of nitrogens with zero attached hydrogens (tertiary/aromatic N) is 1. The predicted molar refractivity (Wildman–Crippen MR) is 46.6 cm³/mol. The van der Waals surface area contributed by atoms with Crippen molar-refractivity contribution in [3.8, 4) is 0 Å². The zero-order valence-electron chi connectivity index (χ0n) is 7.70. The minimum atomic E-state index is -0.857. The fraction of sp³-hybridized carbons (Fsp3) is 0.500. The molecule has 0 unspecified atom stereocenters. The van der Waals surface area contributed by atoms with Crippen LogP contribution < -0.4 is 11.1 Å². The highest BCUT2D eigenvalue weighted by molar-refractivity contribution is 5.84. The Hall–Kier alpha value is -1.36. The first-order valence-corrected chi connectivity index (χ1v) is 3.96. The molecule has 13 heavy (non-hydrogen) atoms. The van der Waals surface area contributed by atoms with Crippen LogP contribution in [0.15, 0.2) is 16.9 Å². The highest BCUT2D eigenvalue weighted by atomic mass is 16.5. The number of carbonyl (C=O) groups excluding carboxylic acids is 1. The maximum Gasteiger partial charge on any atom is 0.239 e. The van der Waals surface area contributed by atoms with E-state index in [1.807, 2.05) is 0 Å². The van der Waals surface area contributed by atoms with Crippen LogP contribution in [0.25, 0.3) is 0 Å². The lowest BCUT2D eigenvalue weighted by Crippen LogP contribution is -2.48. The number of carbonyl (C=O) groups is 1. The summed E-state index contributed by atoms with van der Waals surface area (Å²) < 4.78 is 4.60. The summed E-state index contributed by atoms with van der Waals surface area (Å²) in [6.45, 7) is 3.63. The van der Waals surface area contributed by atoms with E-state index in [1.165, 1.54) is 6.26 Å². The predicted octanol–water partition coefficient (Wildman–Crippen LogP) is 0.0281. The van der Waals surface area contributed by atoms with Crippen molar-refractivity contribution >= 4 is 5.91 Å². The van der Waals surface area contributed by atoms with E-state index in [9.17, 15) is 4.79 Å². The van der Waals surface area contributed by atoms with Gasteiger partial charge < -0.3 is 15.6 Å². The molecule has 0 aliphatic heterocycles. The quantitative estimate of drug-likeness (QED) is 0.692. The molecule has 5 nitrogen and oxygen atoms in total. The highest BCUT2D eigenvalue weighted by Gasteiger charge is 2.21. The van der Waals surface area contributed by atoms with Gasteiger partial charge in [0.05, 0.1) is 12.1 Å². The Morgan fingerprint density at radius 1 is 1.77 bits per heavy atom. The van der Waals surface area contributed by atoms with Crippen molar-refractivity contribution in [2.75, 3.05) is 0 Å². The van der Waals surface area contributed by atoms with Gasteiger partial charge in [0.2, 0.25) is 5.91 Å². The van der Waals surface area contributed by atoms with E-state index in [0.717, 1.165) is 0 Å². The fourth-order valence-electron chi connectivity index (χ4n) is 0.727. The average Bonchev–Trinajstić information content (AvgIpc) is 2.50. The van der Waals surface area contributed by atoms with Gasteiger partial charge in [0, 0.05) is 6.07 Å².